The van der Waals surface area contributed by atoms with Gasteiger partial charge in [0.1, 0.15) is 42.3 Å². The highest BCUT2D eigenvalue weighted by molar-refractivity contribution is 5.99. The van der Waals surface area contributed by atoms with Crippen LogP contribution in [0.15, 0.2) is 0 Å². The van der Waals surface area contributed by atoms with Gasteiger partial charge in [0.2, 0.25) is 59.1 Å². The molecule has 0 aromatic carbocycles. The van der Waals surface area contributed by atoms with Crippen LogP contribution in [0.1, 0.15) is 112 Å². The Morgan fingerprint density at radius 2 is 0.946 bits per heavy atom. The molecule has 0 bridgehead atoms. The maximum absolute atomic E-state index is 13.6. The summed E-state index contributed by atoms with van der Waals surface area (Å²) < 4.78 is 0. The largest absolute Gasteiger partial charge is 0.481 e. The van der Waals surface area contributed by atoms with E-state index in [1.807, 2.05) is 0 Å². The van der Waals surface area contributed by atoms with Crippen molar-refractivity contribution in [1.29, 1.82) is 0 Å². The Bertz CT molecular complexity index is 1910. The molecule has 0 saturated carbocycles. The van der Waals surface area contributed by atoms with Crippen molar-refractivity contribution >= 4 is 71.0 Å². The summed E-state index contributed by atoms with van der Waals surface area (Å²) in [5.74, 6) is -13.2. The van der Waals surface area contributed by atoms with Gasteiger partial charge in [0, 0.05) is 6.42 Å². The quantitative estimate of drug-likeness (QED) is 0.0256. The van der Waals surface area contributed by atoms with Gasteiger partial charge in [-0.3, -0.25) is 52.7 Å². The van der Waals surface area contributed by atoms with Crippen molar-refractivity contribution < 1.29 is 78.0 Å². The number of carboxylic acids is 2. The summed E-state index contributed by atoms with van der Waals surface area (Å²) >= 11 is 0. The molecule has 11 unspecified atom stereocenters. The molecule has 0 aliphatic heterocycles. The lowest BCUT2D eigenvalue weighted by Gasteiger charge is -2.28. The van der Waals surface area contributed by atoms with Crippen LogP contribution in [-0.2, 0) is 57.5 Å². The summed E-state index contributed by atoms with van der Waals surface area (Å²) in [6, 6.07) is -11.9. The number of carboxylic acid groups (broad SMARTS) is 2. The third-order valence-corrected chi connectivity index (χ3v) is 11.3. The highest BCUT2D eigenvalue weighted by Crippen LogP contribution is 2.12. The zero-order valence-electron chi connectivity index (χ0n) is 43.0. The standard InChI is InChI=1S/C45H81N13O16/c1-7-23(4)35(57-38(66)26(48)14-15-34(64)65)42(70)53-27(12-8-10-16-46)39(67)50-21-33(63)56-36(24(5)59)44(72)58-37(25(6)60)43(71)55-30(19-31(49)61)41(69)54-29(18-22(2)3)40(68)51-20-32(62)52-28(45(73)74)13-9-11-17-47/h22-30,35-37,59-60H,7-21,46-48H2,1-6H3,(H2,49,61)(H,50,67)(H,51,68)(H,52,62)(H,53,70)(H,54,69)(H,55,71)(H,56,63)(H,57,66)(H,58,72)(H,64,65)(H,73,74). The normalized spacial score (nSPS) is 15.6. The van der Waals surface area contributed by atoms with Gasteiger partial charge in [0.05, 0.1) is 37.8 Å². The molecule has 0 aliphatic carbocycles. The number of aliphatic hydroxyl groups excluding tert-OH is 2. The van der Waals surface area contributed by atoms with Crippen molar-refractivity contribution in [3.63, 3.8) is 0 Å². The number of rotatable bonds is 38. The van der Waals surface area contributed by atoms with Crippen LogP contribution in [0.4, 0.5) is 0 Å². The number of nitrogens with two attached hydrogens (primary N) is 4. The molecular weight excluding hydrogens is 979 g/mol. The van der Waals surface area contributed by atoms with E-state index in [2.05, 4.69) is 47.9 Å². The summed E-state index contributed by atoms with van der Waals surface area (Å²) in [6.07, 6.45) is -2.69. The lowest BCUT2D eigenvalue weighted by atomic mass is 9.96. The number of aliphatic hydroxyl groups is 2. The Balaban J connectivity index is 6.08. The van der Waals surface area contributed by atoms with E-state index >= 15 is 0 Å². The topological polar surface area (TPSA) is 498 Å². The Labute approximate surface area is 429 Å². The van der Waals surface area contributed by atoms with Gasteiger partial charge in [-0.1, -0.05) is 34.1 Å². The molecule has 0 rings (SSSR count). The third-order valence-electron chi connectivity index (χ3n) is 11.3. The lowest BCUT2D eigenvalue weighted by molar-refractivity contribution is -0.142. The maximum Gasteiger partial charge on any atom is 0.326 e. The van der Waals surface area contributed by atoms with E-state index in [0.29, 0.717) is 38.6 Å². The third kappa shape index (κ3) is 26.9. The smallest absolute Gasteiger partial charge is 0.326 e. The van der Waals surface area contributed by atoms with Crippen LogP contribution < -0.4 is 70.8 Å². The highest BCUT2D eigenvalue weighted by atomic mass is 16.4. The van der Waals surface area contributed by atoms with Gasteiger partial charge >= 0.3 is 11.9 Å². The summed E-state index contributed by atoms with van der Waals surface area (Å²) in [4.78, 5) is 154. The minimum Gasteiger partial charge on any atom is -0.481 e. The average Bonchev–Trinajstić information content (AvgIpc) is 3.31. The summed E-state index contributed by atoms with van der Waals surface area (Å²) in [7, 11) is 0. The van der Waals surface area contributed by atoms with Gasteiger partial charge in [0.25, 0.3) is 0 Å². The molecule has 0 radical (unpaired) electrons. The first-order chi connectivity index (χ1) is 34.6. The van der Waals surface area contributed by atoms with E-state index in [1.54, 1.807) is 27.7 Å². The number of amides is 10. The van der Waals surface area contributed by atoms with Crippen LogP contribution in [0.5, 0.6) is 0 Å². The van der Waals surface area contributed by atoms with Crippen molar-refractivity contribution in [2.75, 3.05) is 26.2 Å². The molecule has 0 aliphatic rings. The van der Waals surface area contributed by atoms with Crippen molar-refractivity contribution in [2.24, 2.45) is 34.8 Å². The Morgan fingerprint density at radius 1 is 0.500 bits per heavy atom. The van der Waals surface area contributed by atoms with Crippen molar-refractivity contribution in [3.05, 3.63) is 0 Å². The van der Waals surface area contributed by atoms with E-state index in [-0.39, 0.29) is 38.1 Å². The number of hydrogen-bond donors (Lipinski definition) is 17. The average molecular weight is 1060 g/mol. The van der Waals surface area contributed by atoms with E-state index in [4.69, 9.17) is 28.0 Å². The molecule has 0 fully saturated rings. The van der Waals surface area contributed by atoms with Crippen molar-refractivity contribution in [3.8, 4) is 0 Å². The number of aliphatic carboxylic acids is 2. The maximum atomic E-state index is 13.6. The predicted molar refractivity (Wildman–Crippen MR) is 264 cm³/mol. The number of hydrogen-bond acceptors (Lipinski definition) is 17. The molecule has 11 atom stereocenters. The molecule has 0 heterocycles. The molecule has 29 nitrogen and oxygen atoms in total. The van der Waals surface area contributed by atoms with Gasteiger partial charge < -0.3 is 91.2 Å². The zero-order valence-corrected chi connectivity index (χ0v) is 43.0. The minimum absolute atomic E-state index is 0.0295. The van der Waals surface area contributed by atoms with Crippen molar-refractivity contribution in [1.82, 2.24) is 47.9 Å². The number of carbonyl (C=O) groups is 12. The van der Waals surface area contributed by atoms with Crippen LogP contribution >= 0.6 is 0 Å². The molecule has 74 heavy (non-hydrogen) atoms. The Hall–Kier alpha value is -6.56. The van der Waals surface area contributed by atoms with Crippen LogP contribution in [0.25, 0.3) is 0 Å². The number of primary amides is 1. The summed E-state index contributed by atoms with van der Waals surface area (Å²) in [5.41, 5.74) is 22.3. The van der Waals surface area contributed by atoms with Crippen LogP contribution in [0.3, 0.4) is 0 Å². The fourth-order valence-electron chi connectivity index (χ4n) is 6.90. The fraction of sp³-hybridized carbons (Fsp3) is 0.733. The Morgan fingerprint density at radius 3 is 1.42 bits per heavy atom. The molecule has 29 heteroatoms. The molecule has 0 saturated heterocycles. The second-order valence-electron chi connectivity index (χ2n) is 18.4. The van der Waals surface area contributed by atoms with Crippen LogP contribution in [-0.4, -0.2) is 178 Å². The van der Waals surface area contributed by atoms with Crippen molar-refractivity contribution in [2.45, 2.75) is 173 Å². The number of carbonyl (C=O) groups excluding carboxylic acids is 10. The molecule has 0 spiro atoms. The number of nitrogens with one attached hydrogen (secondary N) is 9. The second kappa shape index (κ2) is 35.6. The first-order valence-electron chi connectivity index (χ1n) is 24.5. The molecule has 422 valence electrons. The zero-order chi connectivity index (χ0) is 56.8. The van der Waals surface area contributed by atoms with Gasteiger partial charge in [-0.05, 0) is 90.1 Å². The molecule has 10 amide bonds. The van der Waals surface area contributed by atoms with Gasteiger partial charge in [-0.25, -0.2) is 4.79 Å². The van der Waals surface area contributed by atoms with Crippen LogP contribution in [0.2, 0.25) is 0 Å². The summed E-state index contributed by atoms with van der Waals surface area (Å²) in [6.45, 7) is 8.01. The monoisotopic (exact) mass is 1060 g/mol. The highest BCUT2D eigenvalue weighted by Gasteiger charge is 2.36. The molecule has 0 aromatic rings. The fourth-order valence-corrected chi connectivity index (χ4v) is 6.90. The molecular formula is C45H81N13O16. The van der Waals surface area contributed by atoms with Crippen LogP contribution in [0, 0.1) is 11.8 Å². The molecule has 0 aromatic heterocycles. The van der Waals surface area contributed by atoms with E-state index in [1.165, 1.54) is 0 Å². The SMILES string of the molecule is CCC(C)C(NC(=O)C(N)CCC(=O)O)C(=O)NC(CCCCN)C(=O)NCC(=O)NC(C(=O)NC(C(=O)NC(CC(N)=O)C(=O)NC(CC(C)C)C(=O)NCC(=O)NC(CCCCN)C(=O)O)C(C)O)C(C)O. The molecule has 21 N–H and O–H groups in total. The number of unbranched alkanes of at least 4 members (excludes halogenated alkanes) is 2. The summed E-state index contributed by atoms with van der Waals surface area (Å²) in [5, 5.41) is 60.5. The van der Waals surface area contributed by atoms with Gasteiger partial charge in [0.15, 0.2) is 0 Å². The first kappa shape index (κ1) is 67.4. The second-order valence-corrected chi connectivity index (χ2v) is 18.4. The van der Waals surface area contributed by atoms with E-state index < -0.39 is 163 Å². The minimum atomic E-state index is -1.93. The predicted octanol–water partition coefficient (Wildman–Crippen LogP) is -6.12. The van der Waals surface area contributed by atoms with Gasteiger partial charge in [-0.15, -0.1) is 0 Å². The Kier molecular flexibility index (Phi) is 32.4. The van der Waals surface area contributed by atoms with E-state index in [9.17, 15) is 72.9 Å². The lowest BCUT2D eigenvalue weighted by Crippen LogP contribution is -2.62. The van der Waals surface area contributed by atoms with E-state index in [0.717, 1.165) is 13.8 Å². The first-order valence-corrected chi connectivity index (χ1v) is 24.5. The van der Waals surface area contributed by atoms with Gasteiger partial charge in [-0.2, -0.15) is 0 Å².